The van der Waals surface area contributed by atoms with E-state index < -0.39 is 5.91 Å². The number of nitrogens with zero attached hydrogens (tertiary/aromatic N) is 4. The monoisotopic (exact) mass is 522 g/mol. The molecule has 0 aliphatic carbocycles. The van der Waals surface area contributed by atoms with Gasteiger partial charge in [0.15, 0.2) is 0 Å². The summed E-state index contributed by atoms with van der Waals surface area (Å²) in [5.74, 6) is -0.228. The second-order valence-corrected chi connectivity index (χ2v) is 9.24. The van der Waals surface area contributed by atoms with Crippen molar-refractivity contribution < 1.29 is 14.7 Å². The molecule has 3 aromatic carbocycles. The number of fused-ring (bicyclic) bond motifs is 1. The number of carbonyl (C=O) groups is 2. The molecule has 1 aromatic heterocycles. The lowest BCUT2D eigenvalue weighted by atomic mass is 10.1. The molecule has 0 bridgehead atoms. The van der Waals surface area contributed by atoms with E-state index >= 15 is 0 Å². The Bertz CT molecular complexity index is 1560. The van der Waals surface area contributed by atoms with E-state index in [9.17, 15) is 14.9 Å². The lowest BCUT2D eigenvalue weighted by Crippen LogP contribution is -2.49. The Hall–Kier alpha value is -5.10. The summed E-state index contributed by atoms with van der Waals surface area (Å²) in [7, 11) is 0. The molecule has 4 aromatic rings. The van der Waals surface area contributed by atoms with E-state index in [-0.39, 0.29) is 18.2 Å². The number of para-hydroxylation sites is 2. The number of nitrogens with one attached hydrogen (secondary N) is 1. The molecule has 1 aliphatic rings. The van der Waals surface area contributed by atoms with Crippen molar-refractivity contribution in [1.82, 2.24) is 9.47 Å². The smallest absolute Gasteiger partial charge is 0.248 e. The van der Waals surface area contributed by atoms with Crippen molar-refractivity contribution in [3.63, 3.8) is 0 Å². The van der Waals surface area contributed by atoms with Crippen LogP contribution in [-0.2, 0) is 11.3 Å². The highest BCUT2D eigenvalue weighted by atomic mass is 16.3. The number of nitriles is 1. The third kappa shape index (κ3) is 6.08. The SMILES string of the molecule is Cc1cc(C(N)=O)ccc1O.N#Cc1ccccc1N1CCN(C(=O)Cn2cc(C=N)c3ccccc32)CC1. The highest BCUT2D eigenvalue weighted by molar-refractivity contribution is 5.99. The number of amides is 2. The quantitative estimate of drug-likeness (QED) is 0.343. The number of phenolic OH excluding ortho intramolecular Hbond substituents is 1. The molecule has 0 radical (unpaired) electrons. The first-order valence-corrected chi connectivity index (χ1v) is 12.5. The Kier molecular flexibility index (Phi) is 8.27. The molecule has 1 saturated heterocycles. The largest absolute Gasteiger partial charge is 0.508 e. The zero-order valence-electron chi connectivity index (χ0n) is 21.7. The van der Waals surface area contributed by atoms with Crippen LogP contribution in [0.3, 0.4) is 0 Å². The van der Waals surface area contributed by atoms with Gasteiger partial charge >= 0.3 is 0 Å². The number of primary amides is 1. The van der Waals surface area contributed by atoms with Gasteiger partial charge in [-0.1, -0.05) is 30.3 Å². The first-order valence-electron chi connectivity index (χ1n) is 12.5. The van der Waals surface area contributed by atoms with Gasteiger partial charge < -0.3 is 30.6 Å². The average molecular weight is 523 g/mol. The van der Waals surface area contributed by atoms with Crippen LogP contribution in [0.5, 0.6) is 5.75 Å². The zero-order valence-corrected chi connectivity index (χ0v) is 21.7. The van der Waals surface area contributed by atoms with Crippen LogP contribution in [0.25, 0.3) is 10.9 Å². The highest BCUT2D eigenvalue weighted by Gasteiger charge is 2.23. The molecule has 5 rings (SSSR count). The van der Waals surface area contributed by atoms with E-state index in [2.05, 4.69) is 11.0 Å². The van der Waals surface area contributed by atoms with Gasteiger partial charge in [0.2, 0.25) is 11.8 Å². The van der Waals surface area contributed by atoms with E-state index in [4.69, 9.17) is 16.2 Å². The van der Waals surface area contributed by atoms with Gasteiger partial charge in [-0.3, -0.25) is 9.59 Å². The van der Waals surface area contributed by atoms with Gasteiger partial charge in [-0.15, -0.1) is 0 Å². The lowest BCUT2D eigenvalue weighted by Gasteiger charge is -2.36. The number of aryl methyl sites for hydroxylation is 1. The molecule has 9 heteroatoms. The summed E-state index contributed by atoms with van der Waals surface area (Å²) in [6.07, 6.45) is 3.20. The Morgan fingerprint density at radius 2 is 1.74 bits per heavy atom. The maximum absolute atomic E-state index is 12.9. The van der Waals surface area contributed by atoms with E-state index in [0.29, 0.717) is 42.9 Å². The standard InChI is InChI=1S/C22H21N5O.C8H9NO2/c23-13-17-5-1-3-7-20(17)25-9-11-26(12-10-25)22(28)16-27-15-18(14-24)19-6-2-4-8-21(19)27;1-5-4-6(8(9)11)2-3-7(5)10/h1-8,14-15,24H,9-12,16H2;2-4,10H,1H3,(H2,9,11). The van der Waals surface area contributed by atoms with Crippen LogP contribution in [0.1, 0.15) is 27.0 Å². The summed E-state index contributed by atoms with van der Waals surface area (Å²) >= 11 is 0. The Balaban J connectivity index is 0.000000270. The summed E-state index contributed by atoms with van der Waals surface area (Å²) in [5.41, 5.74) is 9.47. The molecule has 198 valence electrons. The highest BCUT2D eigenvalue weighted by Crippen LogP contribution is 2.23. The predicted molar refractivity (Wildman–Crippen MR) is 151 cm³/mol. The normalized spacial score (nSPS) is 12.8. The Labute approximate surface area is 226 Å². The number of anilines is 1. The molecule has 0 spiro atoms. The molecule has 0 atom stereocenters. The number of hydrogen-bond donors (Lipinski definition) is 3. The first-order chi connectivity index (χ1) is 18.8. The number of piperazine rings is 1. The number of phenols is 1. The van der Waals surface area contributed by atoms with Gasteiger partial charge in [0.25, 0.3) is 0 Å². The van der Waals surface area contributed by atoms with Gasteiger partial charge in [0.1, 0.15) is 18.4 Å². The van der Waals surface area contributed by atoms with Crippen LogP contribution in [0, 0.1) is 23.7 Å². The fourth-order valence-corrected chi connectivity index (χ4v) is 4.62. The summed E-state index contributed by atoms with van der Waals surface area (Å²) in [5, 5.41) is 27.0. The minimum Gasteiger partial charge on any atom is -0.508 e. The van der Waals surface area contributed by atoms with Crippen molar-refractivity contribution in [2.45, 2.75) is 13.5 Å². The third-order valence-electron chi connectivity index (χ3n) is 6.76. The summed E-state index contributed by atoms with van der Waals surface area (Å²) in [4.78, 5) is 27.5. The van der Waals surface area contributed by atoms with Crippen LogP contribution in [0.2, 0.25) is 0 Å². The molecule has 0 saturated carbocycles. The number of aromatic nitrogens is 1. The number of benzene rings is 3. The second-order valence-electron chi connectivity index (χ2n) is 9.24. The van der Waals surface area contributed by atoms with Crippen molar-refractivity contribution in [3.05, 3.63) is 95.2 Å². The van der Waals surface area contributed by atoms with Gasteiger partial charge in [-0.25, -0.2) is 0 Å². The topological polar surface area (TPSA) is 139 Å². The minimum absolute atomic E-state index is 0.0745. The summed E-state index contributed by atoms with van der Waals surface area (Å²) in [6.45, 7) is 4.67. The van der Waals surface area contributed by atoms with Crippen LogP contribution >= 0.6 is 0 Å². The van der Waals surface area contributed by atoms with Crippen LogP contribution in [0.4, 0.5) is 5.69 Å². The number of carbonyl (C=O) groups excluding carboxylic acids is 2. The molecule has 39 heavy (non-hydrogen) atoms. The minimum atomic E-state index is -0.479. The maximum atomic E-state index is 12.9. The Morgan fingerprint density at radius 3 is 2.41 bits per heavy atom. The lowest BCUT2D eigenvalue weighted by molar-refractivity contribution is -0.132. The summed E-state index contributed by atoms with van der Waals surface area (Å²) < 4.78 is 1.93. The molecule has 2 amide bonds. The molecular formula is C30H30N6O3. The van der Waals surface area contributed by atoms with Gasteiger partial charge in [0, 0.05) is 60.6 Å². The molecular weight excluding hydrogens is 492 g/mol. The average Bonchev–Trinajstić information content (AvgIpc) is 3.32. The third-order valence-corrected chi connectivity index (χ3v) is 6.76. The zero-order chi connectivity index (χ0) is 27.9. The van der Waals surface area contributed by atoms with E-state index in [1.54, 1.807) is 13.0 Å². The van der Waals surface area contributed by atoms with Crippen molar-refractivity contribution in [2.24, 2.45) is 5.73 Å². The van der Waals surface area contributed by atoms with Crippen molar-refractivity contribution >= 4 is 34.6 Å². The predicted octanol–water partition coefficient (Wildman–Crippen LogP) is 3.66. The maximum Gasteiger partial charge on any atom is 0.248 e. The second kappa shape index (κ2) is 12.0. The van der Waals surface area contributed by atoms with E-state index in [0.717, 1.165) is 22.2 Å². The fraction of sp³-hybridized carbons (Fsp3) is 0.200. The van der Waals surface area contributed by atoms with Gasteiger partial charge in [-0.05, 0) is 48.9 Å². The van der Waals surface area contributed by atoms with Crippen LogP contribution < -0.4 is 10.6 Å². The molecule has 4 N–H and O–H groups in total. The number of rotatable bonds is 5. The molecule has 0 unspecified atom stereocenters. The molecule has 1 fully saturated rings. The van der Waals surface area contributed by atoms with Gasteiger partial charge in [-0.2, -0.15) is 5.26 Å². The van der Waals surface area contributed by atoms with E-state index in [1.807, 2.05) is 64.2 Å². The van der Waals surface area contributed by atoms with Crippen LogP contribution in [0.15, 0.2) is 72.9 Å². The number of aromatic hydroxyl groups is 1. The molecule has 1 aliphatic heterocycles. The number of hydrogen-bond acceptors (Lipinski definition) is 6. The van der Waals surface area contributed by atoms with Crippen molar-refractivity contribution in [2.75, 3.05) is 31.1 Å². The molecule has 9 nitrogen and oxygen atoms in total. The van der Waals surface area contributed by atoms with Crippen molar-refractivity contribution in [1.29, 1.82) is 10.7 Å². The van der Waals surface area contributed by atoms with Crippen LogP contribution in [-0.4, -0.2) is 58.8 Å². The molecule has 2 heterocycles. The number of nitrogens with two attached hydrogens (primary N) is 1. The van der Waals surface area contributed by atoms with Gasteiger partial charge in [0.05, 0.1) is 11.3 Å². The first kappa shape index (κ1) is 26.9. The fourth-order valence-electron chi connectivity index (χ4n) is 4.62. The van der Waals surface area contributed by atoms with E-state index in [1.165, 1.54) is 18.3 Å². The van der Waals surface area contributed by atoms with Crippen molar-refractivity contribution in [3.8, 4) is 11.8 Å². The Morgan fingerprint density at radius 1 is 1.05 bits per heavy atom. The summed E-state index contributed by atoms with van der Waals surface area (Å²) in [6, 6.07) is 22.2.